The fraction of sp³-hybridized carbons (Fsp3) is 0.846. The highest BCUT2D eigenvalue weighted by molar-refractivity contribution is 5.31. The molecule has 1 aromatic rings. The minimum atomic E-state index is -0.736. The Balaban J connectivity index is 1.51. The summed E-state index contributed by atoms with van der Waals surface area (Å²) < 4.78 is 12.2. The van der Waals surface area contributed by atoms with E-state index >= 15 is 0 Å². The Morgan fingerprint density at radius 3 is 2.68 bits per heavy atom. The molecule has 4 saturated carbocycles. The molecule has 1 heterocycles. The van der Waals surface area contributed by atoms with Crippen molar-refractivity contribution < 1.29 is 19.4 Å². The molecule has 4 aliphatic carbocycles. The lowest BCUT2D eigenvalue weighted by molar-refractivity contribution is -0.248. The summed E-state index contributed by atoms with van der Waals surface area (Å²) in [5, 5.41) is 22.8. The van der Waals surface area contributed by atoms with Crippen molar-refractivity contribution in [3.05, 3.63) is 24.2 Å². The molecule has 0 aromatic carbocycles. The van der Waals surface area contributed by atoms with Crippen molar-refractivity contribution >= 4 is 0 Å². The third kappa shape index (κ3) is 2.89. The van der Waals surface area contributed by atoms with Gasteiger partial charge in [-0.1, -0.05) is 13.8 Å². The van der Waals surface area contributed by atoms with Crippen molar-refractivity contribution in [3.63, 3.8) is 0 Å². The minimum Gasteiger partial charge on any atom is -0.472 e. The molecule has 5 nitrogen and oxygen atoms in total. The molecule has 174 valence electrons. The monoisotopic (exact) mass is 431 g/mol. The summed E-state index contributed by atoms with van der Waals surface area (Å²) in [6.45, 7) is 5.96. The lowest BCUT2D eigenvalue weighted by atomic mass is 9.43. The first-order valence-electron chi connectivity index (χ1n) is 12.6. The van der Waals surface area contributed by atoms with Crippen molar-refractivity contribution in [1.29, 1.82) is 0 Å². The highest BCUT2D eigenvalue weighted by Gasteiger charge is 2.73. The van der Waals surface area contributed by atoms with Crippen molar-refractivity contribution in [2.45, 2.75) is 95.4 Å². The Morgan fingerprint density at radius 2 is 1.94 bits per heavy atom. The first kappa shape index (κ1) is 21.9. The van der Waals surface area contributed by atoms with Crippen LogP contribution in [-0.4, -0.2) is 35.1 Å². The molecule has 0 amide bonds. The summed E-state index contributed by atoms with van der Waals surface area (Å²) in [6, 6.07) is 2.03. The van der Waals surface area contributed by atoms with Crippen LogP contribution in [0.2, 0.25) is 0 Å². The van der Waals surface area contributed by atoms with Crippen LogP contribution in [0.3, 0.4) is 0 Å². The molecule has 8 atom stereocenters. The maximum absolute atomic E-state index is 12.5. The number of nitrogens with two attached hydrogens (primary N) is 1. The van der Waals surface area contributed by atoms with Gasteiger partial charge in [-0.15, -0.1) is 0 Å². The van der Waals surface area contributed by atoms with Crippen LogP contribution in [0.15, 0.2) is 23.0 Å². The van der Waals surface area contributed by atoms with E-state index in [-0.39, 0.29) is 16.9 Å². The second-order valence-corrected chi connectivity index (χ2v) is 11.5. The molecule has 4 fully saturated rings. The van der Waals surface area contributed by atoms with Gasteiger partial charge in [-0.2, -0.15) is 0 Å². The molecule has 5 rings (SSSR count). The summed E-state index contributed by atoms with van der Waals surface area (Å²) in [4.78, 5) is 0. The highest BCUT2D eigenvalue weighted by atomic mass is 16.5. The summed E-state index contributed by atoms with van der Waals surface area (Å²) in [6.07, 6.45) is 13.1. The molecular weight excluding hydrogens is 390 g/mol. The fourth-order valence-electron chi connectivity index (χ4n) is 8.80. The topological polar surface area (TPSA) is 88.9 Å². The number of fused-ring (bicyclic) bond motifs is 5. The lowest BCUT2D eigenvalue weighted by Crippen LogP contribution is -2.65. The molecule has 31 heavy (non-hydrogen) atoms. The van der Waals surface area contributed by atoms with Crippen molar-refractivity contribution in [3.8, 4) is 0 Å². The maximum Gasteiger partial charge on any atom is 0.104 e. The zero-order chi connectivity index (χ0) is 21.9. The molecule has 0 saturated heterocycles. The minimum absolute atomic E-state index is 0.136. The number of ether oxygens (including phenoxy) is 1. The van der Waals surface area contributed by atoms with E-state index in [9.17, 15) is 10.2 Å². The second kappa shape index (κ2) is 7.58. The smallest absolute Gasteiger partial charge is 0.104 e. The summed E-state index contributed by atoms with van der Waals surface area (Å²) >= 11 is 0. The number of furan rings is 1. The van der Waals surface area contributed by atoms with Gasteiger partial charge in [0.25, 0.3) is 0 Å². The molecule has 1 aromatic heterocycles. The third-order valence-electron chi connectivity index (χ3n) is 10.6. The van der Waals surface area contributed by atoms with Crippen LogP contribution in [0, 0.1) is 28.6 Å². The lowest BCUT2D eigenvalue weighted by Gasteiger charge is -2.64. The average Bonchev–Trinajstić information content (AvgIpc) is 3.36. The zero-order valence-corrected chi connectivity index (χ0v) is 19.3. The SMILES string of the molecule is C[C@]12CC[C@H](O)C[C@H]1CC[C@@H]1[C@@H]2CC[C@]2(C)[C@@](OCCCN)(c3ccoc3)CC[C@]12O. The number of aliphatic hydroxyl groups is 2. The number of rotatable bonds is 5. The molecule has 0 spiro atoms. The van der Waals surface area contributed by atoms with Gasteiger partial charge < -0.3 is 25.1 Å². The van der Waals surface area contributed by atoms with E-state index in [1.165, 1.54) is 0 Å². The maximum atomic E-state index is 12.5. The van der Waals surface area contributed by atoms with E-state index in [1.54, 1.807) is 6.26 Å². The number of hydrogen-bond donors (Lipinski definition) is 3. The molecule has 4 N–H and O–H groups in total. The van der Waals surface area contributed by atoms with Gasteiger partial charge in [0.15, 0.2) is 0 Å². The van der Waals surface area contributed by atoms with Crippen LogP contribution in [0.5, 0.6) is 0 Å². The second-order valence-electron chi connectivity index (χ2n) is 11.5. The summed E-state index contributed by atoms with van der Waals surface area (Å²) in [5.41, 5.74) is 5.48. The molecule has 0 radical (unpaired) electrons. The van der Waals surface area contributed by atoms with Gasteiger partial charge in [-0.3, -0.25) is 0 Å². The first-order chi connectivity index (χ1) is 14.8. The van der Waals surface area contributed by atoms with Crippen molar-refractivity contribution in [1.82, 2.24) is 0 Å². The first-order valence-corrected chi connectivity index (χ1v) is 12.6. The Bertz CT molecular complexity index is 782. The summed E-state index contributed by atoms with van der Waals surface area (Å²) in [7, 11) is 0. The Morgan fingerprint density at radius 1 is 1.10 bits per heavy atom. The number of aliphatic hydroxyl groups excluding tert-OH is 1. The van der Waals surface area contributed by atoms with E-state index < -0.39 is 11.2 Å². The van der Waals surface area contributed by atoms with Gasteiger partial charge in [0.2, 0.25) is 0 Å². The molecule has 0 bridgehead atoms. The van der Waals surface area contributed by atoms with Crippen LogP contribution in [0.1, 0.15) is 83.6 Å². The van der Waals surface area contributed by atoms with Gasteiger partial charge in [0, 0.05) is 17.6 Å². The van der Waals surface area contributed by atoms with Crippen LogP contribution in [0.25, 0.3) is 0 Å². The molecular formula is C26H41NO4. The van der Waals surface area contributed by atoms with E-state index in [4.69, 9.17) is 14.9 Å². The zero-order valence-electron chi connectivity index (χ0n) is 19.3. The van der Waals surface area contributed by atoms with E-state index in [1.807, 2.05) is 12.3 Å². The quantitative estimate of drug-likeness (QED) is 0.603. The van der Waals surface area contributed by atoms with Crippen LogP contribution < -0.4 is 5.73 Å². The van der Waals surface area contributed by atoms with Gasteiger partial charge >= 0.3 is 0 Å². The van der Waals surface area contributed by atoms with Crippen LogP contribution in [0.4, 0.5) is 0 Å². The molecule has 4 aliphatic rings. The van der Waals surface area contributed by atoms with Crippen molar-refractivity contribution in [2.75, 3.05) is 13.2 Å². The van der Waals surface area contributed by atoms with Crippen LogP contribution in [-0.2, 0) is 10.3 Å². The number of hydrogen-bond acceptors (Lipinski definition) is 5. The van der Waals surface area contributed by atoms with Gasteiger partial charge in [0.05, 0.1) is 24.2 Å². The predicted molar refractivity (Wildman–Crippen MR) is 119 cm³/mol. The molecule has 0 aliphatic heterocycles. The Kier molecular flexibility index (Phi) is 5.36. The van der Waals surface area contributed by atoms with Crippen LogP contribution >= 0.6 is 0 Å². The normalized spacial score (nSPS) is 49.3. The van der Waals surface area contributed by atoms with Crippen molar-refractivity contribution in [2.24, 2.45) is 34.3 Å². The Labute approximate surface area is 186 Å². The third-order valence-corrected chi connectivity index (χ3v) is 10.6. The van der Waals surface area contributed by atoms with E-state index in [2.05, 4.69) is 13.8 Å². The summed E-state index contributed by atoms with van der Waals surface area (Å²) in [5.74, 6) is 1.42. The van der Waals surface area contributed by atoms with Gasteiger partial charge in [-0.25, -0.2) is 0 Å². The highest BCUT2D eigenvalue weighted by Crippen LogP contribution is 2.72. The standard InChI is InChI=1S/C26H41NO4/c1-23-9-6-20(28)16-18(23)4-5-22-21(23)7-10-24(2)25(22,29)11-12-26(24,31-14-3-13-27)19-8-15-30-17-19/h8,15,17-18,20-22,28-29H,3-7,9-14,16,27H2,1-2H3/t18-,20+,21+,22-,23+,24+,25+,26+/m1/s1. The molecule has 0 unspecified atom stereocenters. The molecule has 5 heteroatoms. The van der Waals surface area contributed by atoms with E-state index in [0.717, 1.165) is 69.8 Å². The average molecular weight is 432 g/mol. The van der Waals surface area contributed by atoms with Gasteiger partial charge in [0.1, 0.15) is 5.60 Å². The predicted octanol–water partition coefficient (Wildman–Crippen LogP) is 4.36. The Hall–Kier alpha value is -0.880. The fourth-order valence-corrected chi connectivity index (χ4v) is 8.80. The largest absolute Gasteiger partial charge is 0.472 e. The van der Waals surface area contributed by atoms with Gasteiger partial charge in [-0.05, 0) is 100.0 Å². The van der Waals surface area contributed by atoms with E-state index in [0.29, 0.717) is 30.9 Å².